The van der Waals surface area contributed by atoms with Crippen LogP contribution in [0.5, 0.6) is 5.75 Å². The van der Waals surface area contributed by atoms with Gasteiger partial charge >= 0.3 is 0 Å². The van der Waals surface area contributed by atoms with E-state index in [0.717, 1.165) is 16.0 Å². The van der Waals surface area contributed by atoms with Gasteiger partial charge in [-0.3, -0.25) is 4.79 Å². The number of halogens is 1. The van der Waals surface area contributed by atoms with Crippen LogP contribution in [0.3, 0.4) is 0 Å². The summed E-state index contributed by atoms with van der Waals surface area (Å²) in [6.07, 6.45) is 0. The Morgan fingerprint density at radius 3 is 2.58 bits per heavy atom. The number of hydrogen-bond acceptors (Lipinski definition) is 2. The van der Waals surface area contributed by atoms with Gasteiger partial charge in [0.25, 0.3) is 5.91 Å². The number of nitrogens with one attached hydrogen (secondary N) is 2. The van der Waals surface area contributed by atoms with E-state index >= 15 is 0 Å². The fraction of sp³-hybridized carbons (Fsp3) is 0.316. The summed E-state index contributed by atoms with van der Waals surface area (Å²) < 4.78 is 18.6. The molecule has 2 rings (SSSR count). The van der Waals surface area contributed by atoms with Crippen LogP contribution in [0.4, 0.5) is 4.39 Å². The quantitative estimate of drug-likeness (QED) is 0.811. The number of ether oxygens (including phenoxy) is 1. The molecule has 2 N–H and O–H groups in total. The average molecular weight is 331 g/mol. The highest BCUT2D eigenvalue weighted by Gasteiger charge is 2.15. The van der Waals surface area contributed by atoms with Gasteiger partial charge in [0.1, 0.15) is 6.54 Å². The summed E-state index contributed by atoms with van der Waals surface area (Å²) in [5.41, 5.74) is 1.90. The van der Waals surface area contributed by atoms with Crippen LogP contribution < -0.4 is 15.0 Å². The molecule has 5 heteroatoms. The summed E-state index contributed by atoms with van der Waals surface area (Å²) in [4.78, 5) is 13.2. The molecule has 2 atom stereocenters. The number of amides is 1. The summed E-state index contributed by atoms with van der Waals surface area (Å²) in [6.45, 7) is 2.85. The molecule has 0 spiro atoms. The van der Waals surface area contributed by atoms with Crippen molar-refractivity contribution < 1.29 is 18.8 Å². The first-order chi connectivity index (χ1) is 11.5. The third kappa shape index (κ3) is 5.06. The van der Waals surface area contributed by atoms with E-state index < -0.39 is 0 Å². The van der Waals surface area contributed by atoms with E-state index in [2.05, 4.69) is 5.32 Å². The Labute approximate surface area is 142 Å². The van der Waals surface area contributed by atoms with Gasteiger partial charge in [-0.1, -0.05) is 30.3 Å². The predicted molar refractivity (Wildman–Crippen MR) is 91.4 cm³/mol. The molecule has 1 amide bonds. The van der Waals surface area contributed by atoms with Crippen molar-refractivity contribution in [3.05, 3.63) is 65.5 Å². The first-order valence-corrected chi connectivity index (χ1v) is 7.97. The molecule has 2 aromatic rings. The number of quaternary nitrogens is 1. The summed E-state index contributed by atoms with van der Waals surface area (Å²) in [6, 6.07) is 14.7. The second kappa shape index (κ2) is 8.45. The molecule has 1 unspecified atom stereocenters. The van der Waals surface area contributed by atoms with E-state index in [9.17, 15) is 9.18 Å². The maximum atomic E-state index is 13.7. The Bertz CT molecular complexity index is 676. The molecule has 4 nitrogen and oxygen atoms in total. The van der Waals surface area contributed by atoms with E-state index in [1.165, 1.54) is 13.2 Å². The maximum Gasteiger partial charge on any atom is 0.275 e. The molecule has 0 fully saturated rings. The highest BCUT2D eigenvalue weighted by atomic mass is 19.1. The molecule has 0 heterocycles. The zero-order chi connectivity index (χ0) is 17.5. The Hall–Kier alpha value is -2.40. The number of benzene rings is 2. The van der Waals surface area contributed by atoms with Crippen molar-refractivity contribution in [2.75, 3.05) is 20.7 Å². The van der Waals surface area contributed by atoms with Gasteiger partial charge in [0.05, 0.1) is 20.2 Å². The number of carbonyl (C=O) groups excluding carboxylic acids is 1. The molecular formula is C19H24FN2O2+. The van der Waals surface area contributed by atoms with E-state index in [4.69, 9.17) is 4.74 Å². The molecule has 0 radical (unpaired) electrons. The lowest BCUT2D eigenvalue weighted by molar-refractivity contribution is -0.885. The fourth-order valence-corrected chi connectivity index (χ4v) is 2.62. The number of likely N-dealkylation sites (N-methyl/N-ethyl adjacent to an activating group) is 1. The maximum absolute atomic E-state index is 13.7. The van der Waals surface area contributed by atoms with E-state index in [1.807, 2.05) is 50.4 Å². The van der Waals surface area contributed by atoms with Gasteiger partial charge in [-0.05, 0) is 30.7 Å². The zero-order valence-corrected chi connectivity index (χ0v) is 14.3. The van der Waals surface area contributed by atoms with Crippen LogP contribution in [-0.4, -0.2) is 26.6 Å². The highest BCUT2D eigenvalue weighted by Crippen LogP contribution is 2.17. The van der Waals surface area contributed by atoms with Crippen LogP contribution in [0.15, 0.2) is 48.5 Å². The molecule has 0 aromatic heterocycles. The molecule has 24 heavy (non-hydrogen) atoms. The normalized spacial score (nSPS) is 13.2. The van der Waals surface area contributed by atoms with Crippen molar-refractivity contribution in [2.24, 2.45) is 0 Å². The highest BCUT2D eigenvalue weighted by molar-refractivity contribution is 5.77. The minimum Gasteiger partial charge on any atom is -0.494 e. The number of hydrogen-bond donors (Lipinski definition) is 2. The lowest BCUT2D eigenvalue weighted by Gasteiger charge is -2.17. The molecule has 0 saturated heterocycles. The zero-order valence-electron chi connectivity index (χ0n) is 14.3. The van der Waals surface area contributed by atoms with E-state index in [-0.39, 0.29) is 23.5 Å². The Kier molecular flexibility index (Phi) is 6.32. The lowest BCUT2D eigenvalue weighted by Crippen LogP contribution is -3.08. The summed E-state index contributed by atoms with van der Waals surface area (Å²) >= 11 is 0. The molecule has 0 saturated carbocycles. The van der Waals surface area contributed by atoms with E-state index in [0.29, 0.717) is 13.1 Å². The monoisotopic (exact) mass is 331 g/mol. The number of methoxy groups -OCH3 is 1. The topological polar surface area (TPSA) is 42.8 Å². The van der Waals surface area contributed by atoms with Crippen LogP contribution in [0.25, 0.3) is 0 Å². The van der Waals surface area contributed by atoms with Crippen LogP contribution in [0.1, 0.15) is 24.1 Å². The predicted octanol–water partition coefficient (Wildman–Crippen LogP) is 1.73. The molecule has 128 valence electrons. The van der Waals surface area contributed by atoms with Crippen LogP contribution in [0, 0.1) is 5.82 Å². The van der Waals surface area contributed by atoms with Gasteiger partial charge < -0.3 is 15.0 Å². The summed E-state index contributed by atoms with van der Waals surface area (Å²) in [5.74, 6) is -0.186. The second-order valence-electron chi connectivity index (χ2n) is 5.98. The second-order valence-corrected chi connectivity index (χ2v) is 5.98. The molecule has 2 aromatic carbocycles. The van der Waals surface area contributed by atoms with Crippen molar-refractivity contribution in [1.29, 1.82) is 0 Å². The number of carbonyl (C=O) groups is 1. The van der Waals surface area contributed by atoms with E-state index in [1.54, 1.807) is 6.07 Å². The molecule has 0 aliphatic heterocycles. The fourth-order valence-electron chi connectivity index (χ4n) is 2.62. The molecular weight excluding hydrogens is 307 g/mol. The third-order valence-corrected chi connectivity index (χ3v) is 3.86. The molecule has 0 bridgehead atoms. The SMILES string of the molecule is COc1ccc(C[NH+](C)CC(=O)N[C@@H](C)c2ccccc2)cc1F. The lowest BCUT2D eigenvalue weighted by atomic mass is 10.1. The minimum absolute atomic E-state index is 0.0298. The summed E-state index contributed by atoms with van der Waals surface area (Å²) in [7, 11) is 3.35. The first-order valence-electron chi connectivity index (χ1n) is 7.97. The first kappa shape index (κ1) is 17.9. The Morgan fingerprint density at radius 1 is 1.25 bits per heavy atom. The van der Waals surface area contributed by atoms with Crippen molar-refractivity contribution in [2.45, 2.75) is 19.5 Å². The van der Waals surface area contributed by atoms with Gasteiger partial charge in [0.2, 0.25) is 0 Å². The van der Waals surface area contributed by atoms with Gasteiger partial charge in [-0.25, -0.2) is 4.39 Å². The largest absolute Gasteiger partial charge is 0.494 e. The van der Waals surface area contributed by atoms with Crippen molar-refractivity contribution in [3.63, 3.8) is 0 Å². The van der Waals surface area contributed by atoms with Crippen molar-refractivity contribution in [1.82, 2.24) is 5.32 Å². The third-order valence-electron chi connectivity index (χ3n) is 3.86. The van der Waals surface area contributed by atoms with Crippen molar-refractivity contribution in [3.8, 4) is 5.75 Å². The number of rotatable bonds is 7. The van der Waals surface area contributed by atoms with Gasteiger partial charge in [-0.2, -0.15) is 0 Å². The standard InChI is InChI=1S/C19H23FN2O2/c1-14(16-7-5-4-6-8-16)21-19(23)13-22(2)12-15-9-10-18(24-3)17(20)11-15/h4-11,14H,12-13H2,1-3H3,(H,21,23)/p+1/t14-/m0/s1. The average Bonchev–Trinajstić information content (AvgIpc) is 2.55. The summed E-state index contributed by atoms with van der Waals surface area (Å²) in [5, 5.41) is 2.99. The van der Waals surface area contributed by atoms with Crippen LogP contribution in [-0.2, 0) is 11.3 Å². The Balaban J connectivity index is 1.86. The van der Waals surface area contributed by atoms with Crippen molar-refractivity contribution >= 4 is 5.91 Å². The molecule has 0 aliphatic rings. The smallest absolute Gasteiger partial charge is 0.275 e. The minimum atomic E-state index is -0.384. The van der Waals surface area contributed by atoms with Crippen LogP contribution >= 0.6 is 0 Å². The van der Waals surface area contributed by atoms with Gasteiger partial charge in [0, 0.05) is 5.56 Å². The van der Waals surface area contributed by atoms with Gasteiger partial charge in [-0.15, -0.1) is 0 Å². The van der Waals surface area contributed by atoms with Crippen LogP contribution in [0.2, 0.25) is 0 Å². The molecule has 0 aliphatic carbocycles. The van der Waals surface area contributed by atoms with Gasteiger partial charge in [0.15, 0.2) is 18.1 Å². The Morgan fingerprint density at radius 2 is 1.96 bits per heavy atom.